The standard InChI is InChI=1S/C23H26FN3O4/c1-23(31-5,17-8-6-7-9-18(17)24)14-25-22(28)20-13-19(26-27(20)2)16-12-15(29-3)10-11-21(16)30-4/h6-13H,14H2,1-5H3,(H,25,28)/t23-/m1/s1. The Balaban J connectivity index is 1.84. The summed E-state index contributed by atoms with van der Waals surface area (Å²) in [5, 5.41) is 7.28. The van der Waals surface area contributed by atoms with Gasteiger partial charge in [0.25, 0.3) is 5.91 Å². The van der Waals surface area contributed by atoms with E-state index in [1.54, 1.807) is 70.7 Å². The van der Waals surface area contributed by atoms with E-state index in [1.807, 2.05) is 0 Å². The zero-order valence-electron chi connectivity index (χ0n) is 18.2. The first-order valence-electron chi connectivity index (χ1n) is 9.67. The Bertz CT molecular complexity index is 1080. The molecule has 31 heavy (non-hydrogen) atoms. The van der Waals surface area contributed by atoms with Gasteiger partial charge in [-0.2, -0.15) is 5.10 Å². The minimum atomic E-state index is -1.03. The molecule has 0 spiro atoms. The molecule has 0 aliphatic carbocycles. The summed E-state index contributed by atoms with van der Waals surface area (Å²) < 4.78 is 32.0. The number of benzene rings is 2. The van der Waals surface area contributed by atoms with Crippen molar-refractivity contribution in [1.29, 1.82) is 0 Å². The topological polar surface area (TPSA) is 74.6 Å². The number of rotatable bonds is 8. The fraction of sp³-hybridized carbons (Fsp3) is 0.304. The molecule has 3 rings (SSSR count). The van der Waals surface area contributed by atoms with Crippen LogP contribution < -0.4 is 14.8 Å². The molecule has 0 saturated carbocycles. The van der Waals surface area contributed by atoms with E-state index in [0.29, 0.717) is 34.0 Å². The lowest BCUT2D eigenvalue weighted by molar-refractivity contribution is 0.000312. The van der Waals surface area contributed by atoms with Crippen molar-refractivity contribution < 1.29 is 23.4 Å². The SMILES string of the molecule is COc1ccc(OC)c(-c2cc(C(=O)NC[C@@](C)(OC)c3ccccc3F)n(C)n2)c1. The maximum absolute atomic E-state index is 14.3. The van der Waals surface area contributed by atoms with Gasteiger partial charge >= 0.3 is 0 Å². The minimum Gasteiger partial charge on any atom is -0.497 e. The Labute approximate surface area is 180 Å². The summed E-state index contributed by atoms with van der Waals surface area (Å²) in [6, 6.07) is 13.4. The van der Waals surface area contributed by atoms with E-state index in [4.69, 9.17) is 14.2 Å². The van der Waals surface area contributed by atoms with Crippen molar-refractivity contribution >= 4 is 5.91 Å². The molecule has 0 saturated heterocycles. The molecule has 1 atom stereocenters. The normalized spacial score (nSPS) is 12.8. The number of nitrogens with one attached hydrogen (secondary N) is 1. The lowest BCUT2D eigenvalue weighted by Gasteiger charge is -2.29. The number of nitrogens with zero attached hydrogens (tertiary/aromatic N) is 2. The summed E-state index contributed by atoms with van der Waals surface area (Å²) in [5.41, 5.74) is 0.936. The van der Waals surface area contributed by atoms with Crippen LogP contribution in [0.15, 0.2) is 48.5 Å². The first-order valence-corrected chi connectivity index (χ1v) is 9.67. The van der Waals surface area contributed by atoms with Crippen LogP contribution >= 0.6 is 0 Å². The summed E-state index contributed by atoms with van der Waals surface area (Å²) in [7, 11) is 6.30. The molecular formula is C23H26FN3O4. The van der Waals surface area contributed by atoms with Crippen molar-refractivity contribution in [3.8, 4) is 22.8 Å². The number of amides is 1. The molecule has 0 aliphatic rings. The van der Waals surface area contributed by atoms with Gasteiger partial charge < -0.3 is 19.5 Å². The minimum absolute atomic E-state index is 0.0757. The average molecular weight is 427 g/mol. The predicted octanol–water partition coefficient (Wildman–Crippen LogP) is 3.54. The van der Waals surface area contributed by atoms with E-state index < -0.39 is 11.4 Å². The first-order chi connectivity index (χ1) is 14.8. The van der Waals surface area contributed by atoms with Gasteiger partial charge in [-0.15, -0.1) is 0 Å². The molecule has 0 unspecified atom stereocenters. The monoisotopic (exact) mass is 427 g/mol. The van der Waals surface area contributed by atoms with Crippen LogP contribution in [0.2, 0.25) is 0 Å². The molecule has 3 aromatic rings. The Morgan fingerprint density at radius 1 is 1.13 bits per heavy atom. The molecule has 8 heteroatoms. The number of hydrogen-bond acceptors (Lipinski definition) is 5. The van der Waals surface area contributed by atoms with Crippen LogP contribution in [0.1, 0.15) is 23.0 Å². The molecular weight excluding hydrogens is 401 g/mol. The van der Waals surface area contributed by atoms with Gasteiger partial charge in [0.1, 0.15) is 28.6 Å². The van der Waals surface area contributed by atoms with Crippen molar-refractivity contribution in [2.75, 3.05) is 27.9 Å². The van der Waals surface area contributed by atoms with Crippen LogP contribution in [-0.4, -0.2) is 43.6 Å². The molecule has 2 aromatic carbocycles. The molecule has 0 radical (unpaired) electrons. The summed E-state index contributed by atoms with van der Waals surface area (Å²) >= 11 is 0. The first kappa shape index (κ1) is 22.3. The zero-order chi connectivity index (χ0) is 22.6. The highest BCUT2D eigenvalue weighted by molar-refractivity contribution is 5.94. The highest BCUT2D eigenvalue weighted by Crippen LogP contribution is 2.33. The molecule has 1 N–H and O–H groups in total. The number of aromatic nitrogens is 2. The number of halogens is 1. The molecule has 164 valence electrons. The number of carbonyl (C=O) groups is 1. The second-order valence-electron chi connectivity index (χ2n) is 7.20. The van der Waals surface area contributed by atoms with Crippen LogP contribution in [0, 0.1) is 5.82 Å². The fourth-order valence-corrected chi connectivity index (χ4v) is 3.33. The summed E-state index contributed by atoms with van der Waals surface area (Å²) in [6.45, 7) is 1.80. The van der Waals surface area contributed by atoms with Gasteiger partial charge in [-0.3, -0.25) is 9.48 Å². The maximum atomic E-state index is 14.3. The number of aryl methyl sites for hydroxylation is 1. The second-order valence-corrected chi connectivity index (χ2v) is 7.20. The zero-order valence-corrected chi connectivity index (χ0v) is 18.2. The number of ether oxygens (including phenoxy) is 3. The van der Waals surface area contributed by atoms with Crippen molar-refractivity contribution in [2.24, 2.45) is 7.05 Å². The van der Waals surface area contributed by atoms with Gasteiger partial charge in [0.15, 0.2) is 0 Å². The molecule has 0 aliphatic heterocycles. The number of methoxy groups -OCH3 is 3. The van der Waals surface area contributed by atoms with E-state index in [2.05, 4.69) is 10.4 Å². The molecule has 7 nitrogen and oxygen atoms in total. The summed E-state index contributed by atoms with van der Waals surface area (Å²) in [5.74, 6) is 0.502. The summed E-state index contributed by atoms with van der Waals surface area (Å²) in [6.07, 6.45) is 0. The molecule has 0 fully saturated rings. The van der Waals surface area contributed by atoms with E-state index in [1.165, 1.54) is 17.9 Å². The Kier molecular flexibility index (Phi) is 6.60. The van der Waals surface area contributed by atoms with Crippen molar-refractivity contribution in [2.45, 2.75) is 12.5 Å². The highest BCUT2D eigenvalue weighted by atomic mass is 19.1. The third kappa shape index (κ3) is 4.54. The third-order valence-electron chi connectivity index (χ3n) is 5.28. The van der Waals surface area contributed by atoms with Gasteiger partial charge in [0.2, 0.25) is 0 Å². The number of hydrogen-bond donors (Lipinski definition) is 1. The fourth-order valence-electron chi connectivity index (χ4n) is 3.33. The van der Waals surface area contributed by atoms with Crippen molar-refractivity contribution in [1.82, 2.24) is 15.1 Å². The van der Waals surface area contributed by atoms with Crippen molar-refractivity contribution in [3.63, 3.8) is 0 Å². The van der Waals surface area contributed by atoms with Crippen LogP contribution in [-0.2, 0) is 17.4 Å². The van der Waals surface area contributed by atoms with Gasteiger partial charge in [-0.25, -0.2) is 4.39 Å². The predicted molar refractivity (Wildman–Crippen MR) is 115 cm³/mol. The van der Waals surface area contributed by atoms with E-state index in [9.17, 15) is 9.18 Å². The van der Waals surface area contributed by atoms with E-state index >= 15 is 0 Å². The Morgan fingerprint density at radius 3 is 2.52 bits per heavy atom. The maximum Gasteiger partial charge on any atom is 0.269 e. The molecule has 0 bridgehead atoms. The smallest absolute Gasteiger partial charge is 0.269 e. The summed E-state index contributed by atoms with van der Waals surface area (Å²) in [4.78, 5) is 12.9. The lowest BCUT2D eigenvalue weighted by Crippen LogP contribution is -2.41. The average Bonchev–Trinajstić information content (AvgIpc) is 3.18. The van der Waals surface area contributed by atoms with Crippen LogP contribution in [0.4, 0.5) is 4.39 Å². The lowest BCUT2D eigenvalue weighted by atomic mass is 9.95. The molecule has 1 aromatic heterocycles. The Hall–Kier alpha value is -3.39. The van der Waals surface area contributed by atoms with E-state index in [-0.39, 0.29) is 12.5 Å². The third-order valence-corrected chi connectivity index (χ3v) is 5.28. The second kappa shape index (κ2) is 9.18. The number of carbonyl (C=O) groups excluding carboxylic acids is 1. The van der Waals surface area contributed by atoms with Gasteiger partial charge in [-0.05, 0) is 37.3 Å². The van der Waals surface area contributed by atoms with Gasteiger partial charge in [0.05, 0.1) is 26.5 Å². The van der Waals surface area contributed by atoms with Gasteiger partial charge in [0, 0.05) is 25.3 Å². The Morgan fingerprint density at radius 2 is 1.87 bits per heavy atom. The quantitative estimate of drug-likeness (QED) is 0.595. The molecule has 1 amide bonds. The molecule has 1 heterocycles. The van der Waals surface area contributed by atoms with Crippen molar-refractivity contribution in [3.05, 3.63) is 65.6 Å². The largest absolute Gasteiger partial charge is 0.497 e. The van der Waals surface area contributed by atoms with Crippen LogP contribution in [0.25, 0.3) is 11.3 Å². The van der Waals surface area contributed by atoms with Crippen LogP contribution in [0.3, 0.4) is 0 Å². The van der Waals surface area contributed by atoms with E-state index in [0.717, 1.165) is 0 Å². The van der Waals surface area contributed by atoms with Crippen LogP contribution in [0.5, 0.6) is 11.5 Å². The van der Waals surface area contributed by atoms with Gasteiger partial charge in [-0.1, -0.05) is 18.2 Å². The highest BCUT2D eigenvalue weighted by Gasteiger charge is 2.30.